The Hall–Kier alpha value is -4.42. The van der Waals surface area contributed by atoms with Crippen LogP contribution in [0.5, 0.6) is 17.2 Å². The number of thioether (sulfide) groups is 1. The zero-order valence-electron chi connectivity index (χ0n) is 19.7. The Labute approximate surface area is 224 Å². The maximum Gasteiger partial charge on any atom is 0.318 e. The van der Waals surface area contributed by atoms with Crippen LogP contribution in [0.3, 0.4) is 0 Å². The molecule has 194 valence electrons. The summed E-state index contributed by atoms with van der Waals surface area (Å²) in [4.78, 5) is 47.7. The third-order valence-electron chi connectivity index (χ3n) is 5.30. The molecule has 0 aromatic heterocycles. The number of amides is 2. The number of nitro benzene ring substituents is 2. The zero-order valence-corrected chi connectivity index (χ0v) is 21.2. The lowest BCUT2D eigenvalue weighted by atomic mass is 10.1. The molecular formula is C25H18ClN3O8S. The van der Waals surface area contributed by atoms with Crippen LogP contribution in [0.15, 0.2) is 65.6 Å². The van der Waals surface area contributed by atoms with Crippen molar-refractivity contribution in [1.82, 2.24) is 4.90 Å². The van der Waals surface area contributed by atoms with E-state index >= 15 is 0 Å². The normalized spacial score (nSPS) is 14.2. The van der Waals surface area contributed by atoms with Gasteiger partial charge in [-0.3, -0.25) is 34.7 Å². The van der Waals surface area contributed by atoms with Gasteiger partial charge >= 0.3 is 5.69 Å². The van der Waals surface area contributed by atoms with Crippen molar-refractivity contribution in [2.24, 2.45) is 0 Å². The standard InChI is InChI=1S/C25H18ClN3O8S/c1-2-36-22-11-15(7-9-21(22)37-20-10-8-17(28(32)33)13-19(20)29(34)35)12-23-24(30)27(25(31)38-23)14-16-5-3-4-6-18(16)26/h3-13H,2,14H2,1H3/b23-12-. The molecule has 38 heavy (non-hydrogen) atoms. The Morgan fingerprint density at radius 1 is 0.974 bits per heavy atom. The Morgan fingerprint density at radius 3 is 2.39 bits per heavy atom. The number of carbonyl (C=O) groups excluding carboxylic acids is 2. The largest absolute Gasteiger partial charge is 0.490 e. The van der Waals surface area contributed by atoms with Gasteiger partial charge in [-0.15, -0.1) is 0 Å². The summed E-state index contributed by atoms with van der Waals surface area (Å²) in [6, 6.07) is 14.6. The summed E-state index contributed by atoms with van der Waals surface area (Å²) >= 11 is 6.96. The van der Waals surface area contributed by atoms with E-state index in [4.69, 9.17) is 21.1 Å². The molecular weight excluding hydrogens is 538 g/mol. The maximum absolute atomic E-state index is 12.9. The van der Waals surface area contributed by atoms with Gasteiger partial charge in [0.2, 0.25) is 5.75 Å². The van der Waals surface area contributed by atoms with Crippen molar-refractivity contribution in [3.05, 3.63) is 102 Å². The molecule has 1 aliphatic heterocycles. The van der Waals surface area contributed by atoms with Crippen molar-refractivity contribution in [3.63, 3.8) is 0 Å². The molecule has 0 atom stereocenters. The minimum atomic E-state index is -0.782. The second kappa shape index (κ2) is 11.3. The van der Waals surface area contributed by atoms with E-state index in [-0.39, 0.29) is 35.3 Å². The van der Waals surface area contributed by atoms with Crippen LogP contribution in [-0.4, -0.2) is 32.5 Å². The lowest BCUT2D eigenvalue weighted by Gasteiger charge is -2.13. The molecule has 1 fully saturated rings. The molecule has 0 radical (unpaired) electrons. The van der Waals surface area contributed by atoms with Crippen LogP contribution in [0.25, 0.3) is 6.08 Å². The first-order chi connectivity index (χ1) is 18.2. The molecule has 1 aliphatic rings. The fourth-order valence-electron chi connectivity index (χ4n) is 3.52. The van der Waals surface area contributed by atoms with Gasteiger partial charge < -0.3 is 9.47 Å². The second-order valence-corrected chi connectivity index (χ2v) is 9.17. The van der Waals surface area contributed by atoms with Crippen LogP contribution >= 0.6 is 23.4 Å². The van der Waals surface area contributed by atoms with Gasteiger partial charge in [0.1, 0.15) is 0 Å². The van der Waals surface area contributed by atoms with E-state index in [2.05, 4.69) is 0 Å². The fourth-order valence-corrected chi connectivity index (χ4v) is 4.55. The first kappa shape index (κ1) is 26.6. The number of nitro groups is 2. The molecule has 1 saturated heterocycles. The number of nitrogens with zero attached hydrogens (tertiary/aromatic N) is 3. The van der Waals surface area contributed by atoms with Crippen molar-refractivity contribution >= 4 is 52.0 Å². The van der Waals surface area contributed by atoms with E-state index in [9.17, 15) is 29.8 Å². The molecule has 0 N–H and O–H groups in total. The fraction of sp³-hybridized carbons (Fsp3) is 0.120. The van der Waals surface area contributed by atoms with Crippen LogP contribution in [0.2, 0.25) is 5.02 Å². The summed E-state index contributed by atoms with van der Waals surface area (Å²) in [6.45, 7) is 1.99. The monoisotopic (exact) mass is 555 g/mol. The van der Waals surface area contributed by atoms with E-state index in [0.29, 0.717) is 16.1 Å². The first-order valence-electron chi connectivity index (χ1n) is 11.0. The Bertz CT molecular complexity index is 1490. The number of halogens is 1. The van der Waals surface area contributed by atoms with Crippen LogP contribution in [-0.2, 0) is 11.3 Å². The summed E-state index contributed by atoms with van der Waals surface area (Å²) in [5, 5.41) is 22.5. The summed E-state index contributed by atoms with van der Waals surface area (Å²) in [5.41, 5.74) is 0.117. The first-order valence-corrected chi connectivity index (χ1v) is 12.2. The van der Waals surface area contributed by atoms with Crippen LogP contribution in [0.1, 0.15) is 18.1 Å². The number of carbonyl (C=O) groups is 2. The highest BCUT2D eigenvalue weighted by Gasteiger charge is 2.35. The SMILES string of the molecule is CCOc1cc(/C=C2\SC(=O)N(Cc3ccccc3Cl)C2=O)ccc1Oc1ccc([N+](=O)[O-])cc1[N+](=O)[O-]. The van der Waals surface area contributed by atoms with Crippen molar-refractivity contribution in [2.75, 3.05) is 6.61 Å². The molecule has 3 aromatic carbocycles. The number of hydrogen-bond donors (Lipinski definition) is 0. The highest BCUT2D eigenvalue weighted by atomic mass is 35.5. The van der Waals surface area contributed by atoms with Gasteiger partial charge in [-0.05, 0) is 60.2 Å². The van der Waals surface area contributed by atoms with Crippen LogP contribution in [0.4, 0.5) is 16.2 Å². The van der Waals surface area contributed by atoms with E-state index in [0.717, 1.165) is 34.9 Å². The zero-order chi connectivity index (χ0) is 27.4. The summed E-state index contributed by atoms with van der Waals surface area (Å²) in [6.07, 6.45) is 1.53. The quantitative estimate of drug-likeness (QED) is 0.162. The molecule has 0 bridgehead atoms. The summed E-state index contributed by atoms with van der Waals surface area (Å²) in [5.74, 6) is -0.355. The molecule has 0 saturated carbocycles. The van der Waals surface area contributed by atoms with Crippen molar-refractivity contribution in [3.8, 4) is 17.2 Å². The smallest absolute Gasteiger partial charge is 0.318 e. The predicted molar refractivity (Wildman–Crippen MR) is 140 cm³/mol. The highest BCUT2D eigenvalue weighted by Crippen LogP contribution is 2.40. The van der Waals surface area contributed by atoms with Gasteiger partial charge in [0.25, 0.3) is 16.8 Å². The van der Waals surface area contributed by atoms with Crippen LogP contribution in [0, 0.1) is 20.2 Å². The maximum atomic E-state index is 12.9. The number of hydrogen-bond acceptors (Lipinski definition) is 9. The van der Waals surface area contributed by atoms with E-state index in [1.54, 1.807) is 43.3 Å². The third-order valence-corrected chi connectivity index (χ3v) is 6.57. The number of ether oxygens (including phenoxy) is 2. The van der Waals surface area contributed by atoms with E-state index in [1.807, 2.05) is 0 Å². The Balaban J connectivity index is 1.60. The minimum Gasteiger partial charge on any atom is -0.490 e. The van der Waals surface area contributed by atoms with Gasteiger partial charge in [0.15, 0.2) is 11.5 Å². The van der Waals surface area contributed by atoms with Crippen molar-refractivity contribution in [1.29, 1.82) is 0 Å². The summed E-state index contributed by atoms with van der Waals surface area (Å²) < 4.78 is 11.3. The molecule has 1 heterocycles. The molecule has 0 aliphatic carbocycles. The third kappa shape index (κ3) is 5.76. The lowest BCUT2D eigenvalue weighted by Crippen LogP contribution is -2.27. The number of imide groups is 1. The van der Waals surface area contributed by atoms with E-state index in [1.165, 1.54) is 12.1 Å². The van der Waals surface area contributed by atoms with Gasteiger partial charge in [-0.25, -0.2) is 0 Å². The molecule has 13 heteroatoms. The van der Waals surface area contributed by atoms with Gasteiger partial charge in [-0.2, -0.15) is 0 Å². The lowest BCUT2D eigenvalue weighted by molar-refractivity contribution is -0.394. The molecule has 2 amide bonds. The average molecular weight is 556 g/mol. The van der Waals surface area contributed by atoms with Gasteiger partial charge in [0.05, 0.1) is 34.0 Å². The minimum absolute atomic E-state index is 0.0344. The molecule has 3 aromatic rings. The van der Waals surface area contributed by atoms with E-state index < -0.39 is 32.4 Å². The Kier molecular flexibility index (Phi) is 7.93. The van der Waals surface area contributed by atoms with Crippen LogP contribution < -0.4 is 9.47 Å². The predicted octanol–water partition coefficient (Wildman–Crippen LogP) is 6.58. The molecule has 0 spiro atoms. The number of benzene rings is 3. The Morgan fingerprint density at radius 2 is 1.71 bits per heavy atom. The molecule has 4 rings (SSSR count). The summed E-state index contributed by atoms with van der Waals surface area (Å²) in [7, 11) is 0. The highest BCUT2D eigenvalue weighted by molar-refractivity contribution is 8.18. The topological polar surface area (TPSA) is 142 Å². The van der Waals surface area contributed by atoms with Gasteiger partial charge in [0, 0.05) is 11.1 Å². The number of rotatable bonds is 9. The molecule has 11 nitrogen and oxygen atoms in total. The molecule has 0 unspecified atom stereocenters. The number of non-ortho nitro benzene ring substituents is 1. The van der Waals surface area contributed by atoms with Crippen molar-refractivity contribution < 1.29 is 28.9 Å². The average Bonchev–Trinajstić information content (AvgIpc) is 3.14. The van der Waals surface area contributed by atoms with Gasteiger partial charge in [-0.1, -0.05) is 35.9 Å². The second-order valence-electron chi connectivity index (χ2n) is 7.77. The van der Waals surface area contributed by atoms with Crippen molar-refractivity contribution in [2.45, 2.75) is 13.5 Å².